The Morgan fingerprint density at radius 1 is 1.10 bits per heavy atom. The highest BCUT2D eigenvalue weighted by Crippen LogP contribution is 2.36. The van der Waals surface area contributed by atoms with E-state index in [4.69, 9.17) is 39.5 Å². The predicted molar refractivity (Wildman–Crippen MR) is 99.8 cm³/mol. The topological polar surface area (TPSA) is 81.9 Å². The summed E-state index contributed by atoms with van der Waals surface area (Å²) < 4.78 is 45.3. The van der Waals surface area contributed by atoms with Gasteiger partial charge in [-0.2, -0.15) is 17.9 Å². The van der Waals surface area contributed by atoms with Crippen molar-refractivity contribution in [2.45, 2.75) is 6.18 Å². The maximum atomic E-state index is 12.9. The number of carbonyl (C=O) groups is 1. The lowest BCUT2D eigenvalue weighted by Crippen LogP contribution is -2.20. The number of amides is 1. The van der Waals surface area contributed by atoms with Gasteiger partial charge in [-0.15, -0.1) is 5.10 Å². The van der Waals surface area contributed by atoms with E-state index in [0.29, 0.717) is 5.69 Å². The quantitative estimate of drug-likeness (QED) is 0.591. The fourth-order valence-electron chi connectivity index (χ4n) is 2.24. The normalized spacial score (nSPS) is 11.4. The Hall–Kier alpha value is -2.56. The molecule has 0 fully saturated rings. The molecule has 0 spiro atoms. The average Bonchev–Trinajstić information content (AvgIpc) is 3.16. The highest BCUT2D eigenvalue weighted by molar-refractivity contribution is 6.36. The smallest absolute Gasteiger partial charge is 0.417 e. The number of hydrogen-bond donors (Lipinski definition) is 1. The minimum absolute atomic E-state index is 0.0908. The second-order valence-corrected chi connectivity index (χ2v) is 6.74. The zero-order chi connectivity index (χ0) is 21.2. The summed E-state index contributed by atoms with van der Waals surface area (Å²) in [4.78, 5) is 12.1. The fourth-order valence-corrected chi connectivity index (χ4v) is 2.99. The van der Waals surface area contributed by atoms with Gasteiger partial charge in [0, 0.05) is 11.8 Å². The van der Waals surface area contributed by atoms with E-state index in [1.54, 1.807) is 0 Å². The van der Waals surface area contributed by atoms with Crippen LogP contribution in [0.5, 0.6) is 5.75 Å². The first-order chi connectivity index (χ1) is 13.6. The lowest BCUT2D eigenvalue weighted by atomic mass is 10.2. The van der Waals surface area contributed by atoms with Crippen molar-refractivity contribution in [1.29, 1.82) is 0 Å². The van der Waals surface area contributed by atoms with Gasteiger partial charge in [0.2, 0.25) is 0 Å². The van der Waals surface area contributed by atoms with Gasteiger partial charge >= 0.3 is 6.18 Å². The molecule has 2 aromatic carbocycles. The van der Waals surface area contributed by atoms with E-state index >= 15 is 0 Å². The summed E-state index contributed by atoms with van der Waals surface area (Å²) in [6.07, 6.45) is -3.36. The third-order valence-electron chi connectivity index (χ3n) is 3.51. The van der Waals surface area contributed by atoms with Crippen molar-refractivity contribution in [2.75, 3.05) is 11.9 Å². The van der Waals surface area contributed by atoms with Gasteiger partial charge in [-0.05, 0) is 34.7 Å². The van der Waals surface area contributed by atoms with Crippen molar-refractivity contribution in [3.05, 3.63) is 57.3 Å². The van der Waals surface area contributed by atoms with Crippen molar-refractivity contribution in [2.24, 2.45) is 0 Å². The summed E-state index contributed by atoms with van der Waals surface area (Å²) in [6.45, 7) is -0.527. The summed E-state index contributed by atoms with van der Waals surface area (Å²) in [5.41, 5.74) is -0.805. The number of nitrogens with one attached hydrogen (secondary N) is 1. The first-order valence-corrected chi connectivity index (χ1v) is 8.80. The number of aromatic nitrogens is 4. The second-order valence-electron chi connectivity index (χ2n) is 5.52. The Morgan fingerprint density at radius 2 is 1.86 bits per heavy atom. The van der Waals surface area contributed by atoms with Crippen molar-refractivity contribution >= 4 is 46.4 Å². The lowest BCUT2D eigenvalue weighted by Gasteiger charge is -2.13. The van der Waals surface area contributed by atoms with Gasteiger partial charge in [-0.25, -0.2) is 0 Å². The lowest BCUT2D eigenvalue weighted by molar-refractivity contribution is -0.137. The van der Waals surface area contributed by atoms with Crippen molar-refractivity contribution in [3.8, 4) is 11.4 Å². The van der Waals surface area contributed by atoms with Gasteiger partial charge in [0.15, 0.2) is 6.61 Å². The molecule has 0 aliphatic rings. The molecule has 0 aliphatic heterocycles. The predicted octanol–water partition coefficient (Wildman–Crippen LogP) is 4.66. The van der Waals surface area contributed by atoms with E-state index < -0.39 is 29.3 Å². The molecule has 0 saturated carbocycles. The van der Waals surface area contributed by atoms with Crippen LogP contribution in [0.1, 0.15) is 5.56 Å². The first kappa shape index (κ1) is 21.2. The number of rotatable bonds is 5. The summed E-state index contributed by atoms with van der Waals surface area (Å²) in [7, 11) is 0. The number of ether oxygens (including phenoxy) is 1. The van der Waals surface area contributed by atoms with Crippen LogP contribution in [0.15, 0.2) is 36.7 Å². The summed E-state index contributed by atoms with van der Waals surface area (Å²) in [5.74, 6) is -0.612. The van der Waals surface area contributed by atoms with E-state index in [9.17, 15) is 18.0 Å². The number of carbonyl (C=O) groups excluding carboxylic acids is 1. The molecular formula is C16H9Cl3F3N5O2. The summed E-state index contributed by atoms with van der Waals surface area (Å²) in [5, 5.41) is 12.8. The molecular weight excluding hydrogens is 458 g/mol. The monoisotopic (exact) mass is 465 g/mol. The summed E-state index contributed by atoms with van der Waals surface area (Å²) >= 11 is 17.7. The summed E-state index contributed by atoms with van der Waals surface area (Å²) in [6, 6.07) is 5.79. The minimum Gasteiger partial charge on any atom is -0.482 e. The maximum Gasteiger partial charge on any atom is 0.417 e. The molecule has 0 saturated heterocycles. The largest absolute Gasteiger partial charge is 0.482 e. The molecule has 1 N–H and O–H groups in total. The van der Waals surface area contributed by atoms with Gasteiger partial charge in [0.05, 0.1) is 26.3 Å². The molecule has 3 rings (SSSR count). The van der Waals surface area contributed by atoms with Crippen LogP contribution in [-0.4, -0.2) is 32.7 Å². The van der Waals surface area contributed by atoms with Crippen molar-refractivity contribution in [3.63, 3.8) is 0 Å². The van der Waals surface area contributed by atoms with Crippen molar-refractivity contribution < 1.29 is 22.7 Å². The SMILES string of the molecule is O=C(COc1cc(-n2cnnn2)c(Cl)cc1Cl)Nc1ccc(Cl)c(C(F)(F)F)c1. The van der Waals surface area contributed by atoms with Gasteiger partial charge in [-0.1, -0.05) is 34.8 Å². The van der Waals surface area contributed by atoms with E-state index in [1.165, 1.54) is 29.2 Å². The van der Waals surface area contributed by atoms with Gasteiger partial charge in [-0.3, -0.25) is 4.79 Å². The van der Waals surface area contributed by atoms with Gasteiger partial charge < -0.3 is 10.1 Å². The number of halogens is 6. The molecule has 7 nitrogen and oxygen atoms in total. The van der Waals surface area contributed by atoms with E-state index in [-0.39, 0.29) is 21.5 Å². The first-order valence-electron chi connectivity index (χ1n) is 7.67. The highest BCUT2D eigenvalue weighted by atomic mass is 35.5. The molecule has 1 heterocycles. The molecule has 1 aromatic heterocycles. The van der Waals surface area contributed by atoms with Crippen LogP contribution in [0.2, 0.25) is 15.1 Å². The average molecular weight is 467 g/mol. The number of nitrogens with zero attached hydrogens (tertiary/aromatic N) is 4. The molecule has 152 valence electrons. The Bertz CT molecular complexity index is 1050. The van der Waals surface area contributed by atoms with Crippen LogP contribution in [-0.2, 0) is 11.0 Å². The molecule has 3 aromatic rings. The Kier molecular flexibility index (Phi) is 6.15. The molecule has 0 aliphatic carbocycles. The van der Waals surface area contributed by atoms with E-state index in [1.807, 2.05) is 0 Å². The maximum absolute atomic E-state index is 12.9. The van der Waals surface area contributed by atoms with Gasteiger partial charge in [0.25, 0.3) is 5.91 Å². The van der Waals surface area contributed by atoms with Crippen LogP contribution in [0.3, 0.4) is 0 Å². The fraction of sp³-hybridized carbons (Fsp3) is 0.125. The van der Waals surface area contributed by atoms with Crippen molar-refractivity contribution in [1.82, 2.24) is 20.2 Å². The zero-order valence-electron chi connectivity index (χ0n) is 14.0. The van der Waals surface area contributed by atoms with Crippen LogP contribution in [0.25, 0.3) is 5.69 Å². The number of hydrogen-bond acceptors (Lipinski definition) is 5. The van der Waals surface area contributed by atoms with Crippen LogP contribution in [0.4, 0.5) is 18.9 Å². The Labute approximate surface area is 176 Å². The Morgan fingerprint density at radius 3 is 2.52 bits per heavy atom. The third kappa shape index (κ3) is 5.08. The number of tetrazole rings is 1. The van der Waals surface area contributed by atoms with E-state index in [2.05, 4.69) is 20.8 Å². The molecule has 1 amide bonds. The zero-order valence-corrected chi connectivity index (χ0v) is 16.3. The highest BCUT2D eigenvalue weighted by Gasteiger charge is 2.33. The molecule has 0 bridgehead atoms. The Balaban J connectivity index is 1.71. The molecule has 29 heavy (non-hydrogen) atoms. The third-order valence-corrected chi connectivity index (χ3v) is 4.44. The molecule has 0 radical (unpaired) electrons. The standard InChI is InChI=1S/C16H9Cl3F3N5O2/c17-10-2-1-8(3-9(10)16(20,21)22)24-15(28)6-29-14-5-13(11(18)4-12(14)19)27-7-23-25-26-27/h1-5,7H,6H2,(H,24,28). The van der Waals surface area contributed by atoms with Gasteiger partial charge in [0.1, 0.15) is 12.1 Å². The molecule has 0 unspecified atom stereocenters. The minimum atomic E-state index is -4.65. The second kappa shape index (κ2) is 8.44. The molecule has 13 heteroatoms. The molecule has 0 atom stereocenters. The van der Waals surface area contributed by atoms with Crippen LogP contribution < -0.4 is 10.1 Å². The number of benzene rings is 2. The number of anilines is 1. The van der Waals surface area contributed by atoms with Crippen LogP contribution in [0, 0.1) is 0 Å². The van der Waals surface area contributed by atoms with Crippen LogP contribution >= 0.6 is 34.8 Å². The van der Waals surface area contributed by atoms with E-state index in [0.717, 1.165) is 12.1 Å². The number of alkyl halides is 3.